The molecule has 0 saturated carbocycles. The number of hydrogen-bond acceptors (Lipinski definition) is 6. The minimum Gasteiger partial charge on any atom is -0.598 e. The minimum absolute atomic E-state index is 0. The van der Waals surface area contributed by atoms with Crippen molar-refractivity contribution in [2.45, 2.75) is 0 Å². The molecule has 96 valence electrons. The Morgan fingerprint density at radius 2 is 1.11 bits per heavy atom. The normalized spacial score (nSPS) is 6.21. The molecule has 0 saturated heterocycles. The van der Waals surface area contributed by atoms with Gasteiger partial charge in [-0.25, -0.2) is 0 Å². The summed E-state index contributed by atoms with van der Waals surface area (Å²) in [7, 11) is -3.37. The Labute approximate surface area is 159 Å². The smallest absolute Gasteiger partial charge is 0.598 e. The summed E-state index contributed by atoms with van der Waals surface area (Å²) in [5.74, 6) is 0. The molecule has 1 rings (SSSR count). The van der Waals surface area contributed by atoms with Crippen molar-refractivity contribution >= 4 is 25.3 Å². The number of hydrogen-bond donors (Lipinski definition) is 3. The Morgan fingerprint density at radius 1 is 0.895 bits per heavy atom. The van der Waals surface area contributed by atoms with Crippen LogP contribution in [0.15, 0.2) is 44.5 Å². The maximum atomic E-state index is 8.48. The molecular formula is C10H17N3Na2O3P+. The molecule has 6 nitrogen and oxygen atoms in total. The summed E-state index contributed by atoms with van der Waals surface area (Å²) in [4.78, 5) is 17.0. The quantitative estimate of drug-likeness (QED) is 0.189. The van der Waals surface area contributed by atoms with Crippen LogP contribution in [0.2, 0.25) is 0 Å². The van der Waals surface area contributed by atoms with E-state index in [-0.39, 0.29) is 59.1 Å². The average molecular weight is 304 g/mol. The Hall–Kier alpha value is 0.120. The van der Waals surface area contributed by atoms with Crippen LogP contribution in [-0.2, 0) is 4.57 Å². The summed E-state index contributed by atoms with van der Waals surface area (Å²) in [5.41, 5.74) is 17.8. The van der Waals surface area contributed by atoms with Gasteiger partial charge in [0.15, 0.2) is 0 Å². The molecule has 0 aliphatic heterocycles. The summed E-state index contributed by atoms with van der Waals surface area (Å²) < 4.78 is 8.48. The van der Waals surface area contributed by atoms with E-state index in [2.05, 4.69) is 26.3 Å². The van der Waals surface area contributed by atoms with E-state index >= 15 is 0 Å². The van der Waals surface area contributed by atoms with Gasteiger partial charge in [-0.3, -0.25) is 0 Å². The molecule has 0 aromatic heterocycles. The summed E-state index contributed by atoms with van der Waals surface area (Å²) in [6, 6.07) is 5.19. The minimum atomic E-state index is -3.37. The van der Waals surface area contributed by atoms with Crippen LogP contribution in [0, 0.1) is 0 Å². The zero-order valence-electron chi connectivity index (χ0n) is 11.5. The monoisotopic (exact) mass is 304 g/mol. The van der Waals surface area contributed by atoms with Crippen LogP contribution in [0.1, 0.15) is 0 Å². The van der Waals surface area contributed by atoms with Crippen LogP contribution in [0.5, 0.6) is 0 Å². The van der Waals surface area contributed by atoms with Gasteiger partial charge in [-0.15, -0.1) is 26.3 Å². The fourth-order valence-electron chi connectivity index (χ4n) is 0.602. The van der Waals surface area contributed by atoms with Crippen LogP contribution >= 0.6 is 8.25 Å². The van der Waals surface area contributed by atoms with Crippen LogP contribution in [0.3, 0.4) is 0 Å². The molecule has 0 heterocycles. The molecular weight excluding hydrogens is 287 g/mol. The third kappa shape index (κ3) is 23.6. The summed E-state index contributed by atoms with van der Waals surface area (Å²) >= 11 is 0. The molecule has 0 fully saturated rings. The van der Waals surface area contributed by atoms with Gasteiger partial charge in [0.25, 0.3) is 8.25 Å². The van der Waals surface area contributed by atoms with E-state index in [1.807, 2.05) is 0 Å². The van der Waals surface area contributed by atoms with Crippen LogP contribution < -0.4 is 86.1 Å². The second-order valence-electron chi connectivity index (χ2n) is 2.07. The standard InChI is InChI=1S/C6H9N3.2C2H4.2Na.HO3P/c7-4-2-1-3-5(8)6(4)9;2*1-2;;;1-4(2)3/h1-3H,7-9H2;2*1-2H2;;;(H,1,2,3)/q;;;2*+1;/p-1. The molecule has 1 aromatic carbocycles. The molecule has 0 aliphatic rings. The van der Waals surface area contributed by atoms with E-state index in [0.29, 0.717) is 17.1 Å². The molecule has 0 spiro atoms. The van der Waals surface area contributed by atoms with E-state index in [1.165, 1.54) is 0 Å². The van der Waals surface area contributed by atoms with Crippen molar-refractivity contribution in [3.8, 4) is 0 Å². The van der Waals surface area contributed by atoms with E-state index in [1.54, 1.807) is 18.2 Å². The van der Waals surface area contributed by atoms with E-state index in [9.17, 15) is 0 Å². The van der Waals surface area contributed by atoms with Crippen LogP contribution in [0.25, 0.3) is 0 Å². The molecule has 0 atom stereocenters. The van der Waals surface area contributed by atoms with Crippen molar-refractivity contribution in [3.05, 3.63) is 44.5 Å². The maximum Gasteiger partial charge on any atom is 1.00 e. The van der Waals surface area contributed by atoms with Crippen LogP contribution in [0.4, 0.5) is 17.1 Å². The van der Waals surface area contributed by atoms with Gasteiger partial charge in [0.1, 0.15) is 0 Å². The zero-order valence-corrected chi connectivity index (χ0v) is 16.4. The van der Waals surface area contributed by atoms with E-state index < -0.39 is 8.25 Å². The number of nitrogens with two attached hydrogens (primary N) is 3. The number of benzene rings is 1. The third-order valence-corrected chi connectivity index (χ3v) is 1.17. The summed E-state index contributed by atoms with van der Waals surface area (Å²) in [5, 5.41) is 0. The largest absolute Gasteiger partial charge is 1.00 e. The second kappa shape index (κ2) is 23.2. The molecule has 0 radical (unpaired) electrons. The summed E-state index contributed by atoms with van der Waals surface area (Å²) in [6.07, 6.45) is 0. The van der Waals surface area contributed by atoms with Crippen molar-refractivity contribution in [2.75, 3.05) is 17.2 Å². The zero-order chi connectivity index (χ0) is 14.4. The van der Waals surface area contributed by atoms with E-state index in [0.717, 1.165) is 0 Å². The molecule has 19 heavy (non-hydrogen) atoms. The van der Waals surface area contributed by atoms with Gasteiger partial charge in [0.05, 0.1) is 17.1 Å². The van der Waals surface area contributed by atoms with Crippen molar-refractivity contribution < 1.29 is 73.5 Å². The topological polar surface area (TPSA) is 141 Å². The first-order valence-corrected chi connectivity index (χ1v) is 5.25. The second-order valence-corrected chi connectivity index (χ2v) is 2.52. The fraction of sp³-hybridized carbons (Fsp3) is 0. The van der Waals surface area contributed by atoms with Crippen molar-refractivity contribution in [3.63, 3.8) is 0 Å². The van der Waals surface area contributed by atoms with Gasteiger partial charge in [-0.05, 0) is 12.1 Å². The van der Waals surface area contributed by atoms with Gasteiger partial charge >= 0.3 is 59.1 Å². The first-order chi connectivity index (χ1) is 7.95. The maximum absolute atomic E-state index is 8.48. The van der Waals surface area contributed by atoms with Gasteiger partial charge in [-0.1, -0.05) is 10.6 Å². The predicted octanol–water partition coefficient (Wildman–Crippen LogP) is -5.59. The Balaban J connectivity index is -0.0000000568. The Bertz CT molecular complexity index is 318. The van der Waals surface area contributed by atoms with Gasteiger partial charge in [0.2, 0.25) is 0 Å². The van der Waals surface area contributed by atoms with Crippen LogP contribution in [-0.4, -0.2) is 0 Å². The number of nitrogen functional groups attached to an aromatic ring is 3. The van der Waals surface area contributed by atoms with Gasteiger partial charge in [-0.2, -0.15) is 0 Å². The van der Waals surface area contributed by atoms with Crippen molar-refractivity contribution in [2.24, 2.45) is 0 Å². The van der Waals surface area contributed by atoms with Gasteiger partial charge in [0, 0.05) is 0 Å². The molecule has 6 N–H and O–H groups in total. The third-order valence-electron chi connectivity index (χ3n) is 1.17. The molecule has 1 aromatic rings. The van der Waals surface area contributed by atoms with Gasteiger partial charge < -0.3 is 27.0 Å². The summed E-state index contributed by atoms with van der Waals surface area (Å²) in [6.45, 7) is 12.0. The predicted molar refractivity (Wildman–Crippen MR) is 69.8 cm³/mol. The first kappa shape index (κ1) is 31.5. The molecule has 0 aliphatic carbocycles. The fourth-order valence-corrected chi connectivity index (χ4v) is 0.602. The molecule has 0 amide bonds. The number of rotatable bonds is 0. The average Bonchev–Trinajstić information content (AvgIpc) is 2.30. The molecule has 0 bridgehead atoms. The number of anilines is 3. The van der Waals surface area contributed by atoms with Crippen molar-refractivity contribution in [1.29, 1.82) is 0 Å². The first-order valence-electron chi connectivity index (χ1n) is 4.16. The Morgan fingerprint density at radius 3 is 1.26 bits per heavy atom. The van der Waals surface area contributed by atoms with E-state index in [4.69, 9.17) is 31.6 Å². The number of para-hydroxylation sites is 1. The Kier molecular flexibility index (Phi) is 38.5. The SMILES string of the molecule is C=C.C=C.Nc1cccc(N)c1N.O=[P+]([O-])[O-].[Na+].[Na+]. The molecule has 0 unspecified atom stereocenters. The molecule has 9 heteroatoms. The van der Waals surface area contributed by atoms with Crippen molar-refractivity contribution in [1.82, 2.24) is 0 Å².